The van der Waals surface area contributed by atoms with Crippen molar-refractivity contribution in [3.05, 3.63) is 10.1 Å². The lowest BCUT2D eigenvalue weighted by Crippen LogP contribution is -2.28. The van der Waals surface area contributed by atoms with Crippen LogP contribution in [0.2, 0.25) is 0 Å². The van der Waals surface area contributed by atoms with Crippen LogP contribution in [0.5, 0.6) is 0 Å². The van der Waals surface area contributed by atoms with Crippen LogP contribution in [0, 0.1) is 22.0 Å². The largest absolute Gasteiger partial charge is 0.466 e. The Kier molecular flexibility index (Phi) is 10.7. The van der Waals surface area contributed by atoms with Crippen LogP contribution >= 0.6 is 0 Å². The first-order valence-corrected chi connectivity index (χ1v) is 9.69. The van der Waals surface area contributed by atoms with E-state index < -0.39 is 5.09 Å². The van der Waals surface area contributed by atoms with Gasteiger partial charge in [0.1, 0.15) is 6.10 Å². The van der Waals surface area contributed by atoms with Crippen LogP contribution < -0.4 is 0 Å². The average molecular weight is 389 g/mol. The molecular formula is C18H31NO8. The van der Waals surface area contributed by atoms with Gasteiger partial charge in [0.25, 0.3) is 5.09 Å². The van der Waals surface area contributed by atoms with Gasteiger partial charge in [0.2, 0.25) is 0 Å². The summed E-state index contributed by atoms with van der Waals surface area (Å²) in [7, 11) is 0. The normalized spacial score (nSPS) is 27.5. The molecule has 2 rings (SSSR count). The third-order valence-corrected chi connectivity index (χ3v) is 4.85. The van der Waals surface area contributed by atoms with Crippen LogP contribution in [0.3, 0.4) is 0 Å². The molecule has 0 radical (unpaired) electrons. The van der Waals surface area contributed by atoms with Crippen LogP contribution in [0.25, 0.3) is 0 Å². The second-order valence-corrected chi connectivity index (χ2v) is 6.81. The molecule has 2 fully saturated rings. The first-order valence-electron chi connectivity index (χ1n) is 9.69. The summed E-state index contributed by atoms with van der Waals surface area (Å²) in [5, 5.41) is 18.5. The molecule has 0 aliphatic heterocycles. The predicted octanol–water partition coefficient (Wildman–Crippen LogP) is 2.42. The van der Waals surface area contributed by atoms with Crippen molar-refractivity contribution >= 4 is 11.9 Å². The van der Waals surface area contributed by atoms with E-state index in [0.717, 1.165) is 25.7 Å². The molecule has 9 heteroatoms. The third kappa shape index (κ3) is 9.03. The van der Waals surface area contributed by atoms with Crippen molar-refractivity contribution in [3.8, 4) is 0 Å². The van der Waals surface area contributed by atoms with Gasteiger partial charge in [0, 0.05) is 0 Å². The summed E-state index contributed by atoms with van der Waals surface area (Å²) < 4.78 is 9.78. The summed E-state index contributed by atoms with van der Waals surface area (Å²) in [4.78, 5) is 37.1. The van der Waals surface area contributed by atoms with Crippen molar-refractivity contribution in [2.75, 3.05) is 13.2 Å². The minimum atomic E-state index is -0.768. The highest BCUT2D eigenvalue weighted by Crippen LogP contribution is 2.27. The molecule has 0 amide bonds. The Morgan fingerprint density at radius 3 is 1.67 bits per heavy atom. The number of aliphatic hydroxyl groups is 1. The molecule has 156 valence electrons. The van der Waals surface area contributed by atoms with E-state index in [1.54, 1.807) is 6.92 Å². The van der Waals surface area contributed by atoms with Crippen LogP contribution in [-0.4, -0.2) is 47.6 Å². The number of carbonyl (C=O) groups excluding carboxylic acids is 2. The van der Waals surface area contributed by atoms with Gasteiger partial charge in [-0.15, -0.1) is 10.1 Å². The highest BCUT2D eigenvalue weighted by Gasteiger charge is 2.29. The molecule has 27 heavy (non-hydrogen) atoms. The number of aliphatic hydroxyl groups excluding tert-OH is 1. The highest BCUT2D eigenvalue weighted by atomic mass is 17.0. The molecule has 0 bridgehead atoms. The number of nitrogens with zero attached hydrogens (tertiary/aromatic N) is 1. The number of carbonyl (C=O) groups is 2. The van der Waals surface area contributed by atoms with Crippen LogP contribution in [0.1, 0.15) is 65.2 Å². The van der Waals surface area contributed by atoms with E-state index >= 15 is 0 Å². The summed E-state index contributed by atoms with van der Waals surface area (Å²) in [6, 6.07) is 0. The van der Waals surface area contributed by atoms with Crippen molar-refractivity contribution < 1.29 is 34.1 Å². The molecule has 2 saturated carbocycles. The fraction of sp³-hybridized carbons (Fsp3) is 0.889. The summed E-state index contributed by atoms with van der Waals surface area (Å²) in [5.41, 5.74) is 0. The summed E-state index contributed by atoms with van der Waals surface area (Å²) >= 11 is 0. The molecule has 9 nitrogen and oxygen atoms in total. The Morgan fingerprint density at radius 2 is 1.30 bits per heavy atom. The maximum atomic E-state index is 11.3. The minimum absolute atomic E-state index is 0.0355. The van der Waals surface area contributed by atoms with Gasteiger partial charge in [-0.25, -0.2) is 0 Å². The molecule has 0 heterocycles. The zero-order valence-electron chi connectivity index (χ0n) is 16.1. The Hall–Kier alpha value is -1.90. The second kappa shape index (κ2) is 12.5. The fourth-order valence-corrected chi connectivity index (χ4v) is 3.36. The molecule has 0 aromatic carbocycles. The lowest BCUT2D eigenvalue weighted by Gasteiger charge is -2.25. The van der Waals surface area contributed by atoms with Gasteiger partial charge in [0.15, 0.2) is 0 Å². The average Bonchev–Trinajstić information content (AvgIpc) is 2.63. The highest BCUT2D eigenvalue weighted by molar-refractivity contribution is 5.72. The molecular weight excluding hydrogens is 358 g/mol. The molecule has 0 unspecified atom stereocenters. The molecule has 0 aromatic rings. The maximum Gasteiger partial charge on any atom is 0.308 e. The van der Waals surface area contributed by atoms with E-state index in [9.17, 15) is 24.8 Å². The quantitative estimate of drug-likeness (QED) is 0.417. The van der Waals surface area contributed by atoms with E-state index in [4.69, 9.17) is 9.47 Å². The number of hydrogen-bond donors (Lipinski definition) is 1. The Morgan fingerprint density at radius 1 is 0.889 bits per heavy atom. The Bertz CT molecular complexity index is 468. The third-order valence-electron chi connectivity index (χ3n) is 4.85. The van der Waals surface area contributed by atoms with E-state index in [0.29, 0.717) is 38.9 Å². The zero-order valence-corrected chi connectivity index (χ0v) is 16.1. The van der Waals surface area contributed by atoms with Crippen molar-refractivity contribution in [1.82, 2.24) is 0 Å². The Balaban J connectivity index is 0.000000277. The molecule has 0 atom stereocenters. The number of hydrogen-bond acceptors (Lipinski definition) is 8. The second-order valence-electron chi connectivity index (χ2n) is 6.81. The number of rotatable bonds is 6. The minimum Gasteiger partial charge on any atom is -0.466 e. The SMILES string of the molecule is CCOC(=O)C1CCC(O)CC1.CCOC(=O)C1CCC(O[N+](=O)[O-])CC1. The molecule has 1 N–H and O–H groups in total. The smallest absolute Gasteiger partial charge is 0.308 e. The lowest BCUT2D eigenvalue weighted by atomic mass is 9.87. The van der Waals surface area contributed by atoms with Gasteiger partial charge < -0.3 is 19.4 Å². The van der Waals surface area contributed by atoms with Crippen LogP contribution in [0.4, 0.5) is 0 Å². The van der Waals surface area contributed by atoms with E-state index in [-0.39, 0.29) is 36.0 Å². The van der Waals surface area contributed by atoms with E-state index in [1.165, 1.54) is 0 Å². The molecule has 0 aromatic heterocycles. The van der Waals surface area contributed by atoms with Gasteiger partial charge in [-0.1, -0.05) is 0 Å². The van der Waals surface area contributed by atoms with Gasteiger partial charge >= 0.3 is 11.9 Å². The van der Waals surface area contributed by atoms with Gasteiger partial charge in [-0.3, -0.25) is 9.59 Å². The predicted molar refractivity (Wildman–Crippen MR) is 95.1 cm³/mol. The molecule has 2 aliphatic carbocycles. The summed E-state index contributed by atoms with van der Waals surface area (Å²) in [6.45, 7) is 4.41. The van der Waals surface area contributed by atoms with Crippen LogP contribution in [0.15, 0.2) is 0 Å². The zero-order chi connectivity index (χ0) is 20.2. The van der Waals surface area contributed by atoms with Gasteiger partial charge in [-0.2, -0.15) is 0 Å². The van der Waals surface area contributed by atoms with Crippen molar-refractivity contribution in [2.24, 2.45) is 11.8 Å². The van der Waals surface area contributed by atoms with Gasteiger partial charge in [-0.05, 0) is 65.2 Å². The number of ether oxygens (including phenoxy) is 2. The first kappa shape index (κ1) is 23.1. The Labute approximate surface area is 159 Å². The first-order chi connectivity index (χ1) is 12.9. The monoisotopic (exact) mass is 389 g/mol. The maximum absolute atomic E-state index is 11.3. The summed E-state index contributed by atoms with van der Waals surface area (Å²) in [6.07, 6.45) is 4.79. The molecule has 2 aliphatic rings. The van der Waals surface area contributed by atoms with Crippen molar-refractivity contribution in [1.29, 1.82) is 0 Å². The van der Waals surface area contributed by atoms with Crippen molar-refractivity contribution in [2.45, 2.75) is 77.4 Å². The van der Waals surface area contributed by atoms with Crippen LogP contribution in [-0.2, 0) is 23.9 Å². The summed E-state index contributed by atoms with van der Waals surface area (Å²) in [5.74, 6) is -0.369. The molecule has 0 spiro atoms. The standard InChI is InChI=1S/C9H15NO5.C9H16O3/c1-2-14-9(11)7-3-5-8(6-4-7)15-10(12)13;1-2-12-9(11)7-3-5-8(10)6-4-7/h7-8H,2-6H2,1H3;7-8,10H,2-6H2,1H3. The number of esters is 2. The molecule has 0 saturated heterocycles. The lowest BCUT2D eigenvalue weighted by molar-refractivity contribution is -0.769. The fourth-order valence-electron chi connectivity index (χ4n) is 3.36. The topological polar surface area (TPSA) is 125 Å². The van der Waals surface area contributed by atoms with Crippen molar-refractivity contribution in [3.63, 3.8) is 0 Å². The van der Waals surface area contributed by atoms with E-state index in [1.807, 2.05) is 6.92 Å². The van der Waals surface area contributed by atoms with E-state index in [2.05, 4.69) is 4.84 Å². The van der Waals surface area contributed by atoms with Gasteiger partial charge in [0.05, 0.1) is 31.2 Å².